The Bertz CT molecular complexity index is 955. The molecule has 146 valence electrons. The second-order valence-corrected chi connectivity index (χ2v) is 7.86. The van der Waals surface area contributed by atoms with Crippen LogP contribution >= 0.6 is 11.8 Å². The molecule has 0 bridgehead atoms. The van der Waals surface area contributed by atoms with Crippen molar-refractivity contribution in [3.05, 3.63) is 60.2 Å². The number of rotatable bonds is 6. The van der Waals surface area contributed by atoms with Crippen LogP contribution in [0.1, 0.15) is 20.8 Å². The van der Waals surface area contributed by atoms with Crippen LogP contribution in [0.15, 0.2) is 53.7 Å². The fourth-order valence-electron chi connectivity index (χ4n) is 2.57. The summed E-state index contributed by atoms with van der Waals surface area (Å²) in [6, 6.07) is 11.8. The Hall–Kier alpha value is -2.74. The van der Waals surface area contributed by atoms with Crippen LogP contribution in [-0.4, -0.2) is 32.0 Å². The highest BCUT2D eigenvalue weighted by molar-refractivity contribution is 8.00. The highest BCUT2D eigenvalue weighted by Gasteiger charge is 2.22. The van der Waals surface area contributed by atoms with Crippen molar-refractivity contribution in [1.29, 1.82) is 0 Å². The molecule has 28 heavy (non-hydrogen) atoms. The first-order valence-electron chi connectivity index (χ1n) is 8.79. The summed E-state index contributed by atoms with van der Waals surface area (Å²) in [6.45, 7) is 5.56. The Kier molecular flexibility index (Phi) is 6.08. The number of hydrogen-bond donors (Lipinski definition) is 1. The quantitative estimate of drug-likeness (QED) is 0.627. The first kappa shape index (κ1) is 20.0. The number of nitrogens with zero attached hydrogens (tertiary/aromatic N) is 3. The average Bonchev–Trinajstić information content (AvgIpc) is 3.06. The van der Waals surface area contributed by atoms with Crippen molar-refractivity contribution in [3.63, 3.8) is 0 Å². The molecule has 0 radical (unpaired) electrons. The number of halogens is 2. The molecule has 3 rings (SSSR count). The topological polar surface area (TPSA) is 59.8 Å². The molecule has 2 aromatic carbocycles. The standard InChI is InChI=1S/C20H20F2N4OS/c1-12(2)23-19(27)13(3)28-20-25-24-18(14-4-6-15(21)7-5-14)26(20)17-10-8-16(22)9-11-17/h4-13H,1-3H3,(H,23,27)/t13-/m0/s1. The van der Waals surface area contributed by atoms with Gasteiger partial charge in [0.1, 0.15) is 11.6 Å². The van der Waals surface area contributed by atoms with Crippen LogP contribution in [0.4, 0.5) is 8.78 Å². The van der Waals surface area contributed by atoms with E-state index < -0.39 is 5.25 Å². The summed E-state index contributed by atoms with van der Waals surface area (Å²) in [5.41, 5.74) is 1.30. The lowest BCUT2D eigenvalue weighted by molar-refractivity contribution is -0.120. The van der Waals surface area contributed by atoms with Gasteiger partial charge in [-0.15, -0.1) is 10.2 Å². The lowest BCUT2D eigenvalue weighted by Crippen LogP contribution is -2.36. The van der Waals surface area contributed by atoms with Gasteiger partial charge in [0.05, 0.1) is 5.25 Å². The van der Waals surface area contributed by atoms with E-state index in [1.165, 1.54) is 36.0 Å². The summed E-state index contributed by atoms with van der Waals surface area (Å²) >= 11 is 1.25. The van der Waals surface area contributed by atoms with Gasteiger partial charge in [-0.25, -0.2) is 8.78 Å². The molecule has 1 N–H and O–H groups in total. The van der Waals surface area contributed by atoms with Crippen LogP contribution in [0, 0.1) is 11.6 Å². The monoisotopic (exact) mass is 402 g/mol. The number of amides is 1. The lowest BCUT2D eigenvalue weighted by Gasteiger charge is -2.15. The normalized spacial score (nSPS) is 12.2. The molecule has 5 nitrogen and oxygen atoms in total. The van der Waals surface area contributed by atoms with Crippen LogP contribution in [0.2, 0.25) is 0 Å². The van der Waals surface area contributed by atoms with Crippen molar-refractivity contribution >= 4 is 17.7 Å². The van der Waals surface area contributed by atoms with E-state index in [2.05, 4.69) is 15.5 Å². The zero-order valence-corrected chi connectivity index (χ0v) is 16.5. The zero-order valence-electron chi connectivity index (χ0n) is 15.7. The Labute approximate surface area is 166 Å². The smallest absolute Gasteiger partial charge is 0.233 e. The number of hydrogen-bond acceptors (Lipinski definition) is 4. The Morgan fingerprint density at radius 1 is 0.964 bits per heavy atom. The number of carbonyl (C=O) groups is 1. The van der Waals surface area contributed by atoms with Gasteiger partial charge >= 0.3 is 0 Å². The third-order valence-electron chi connectivity index (χ3n) is 3.90. The van der Waals surface area contributed by atoms with Crippen molar-refractivity contribution in [3.8, 4) is 17.1 Å². The van der Waals surface area contributed by atoms with Crippen LogP contribution < -0.4 is 5.32 Å². The van der Waals surface area contributed by atoms with Gasteiger partial charge in [-0.1, -0.05) is 11.8 Å². The molecule has 0 saturated heterocycles. The Morgan fingerprint density at radius 3 is 2.11 bits per heavy atom. The molecular formula is C20H20F2N4OS. The maximum atomic E-state index is 13.4. The van der Waals surface area contributed by atoms with E-state index >= 15 is 0 Å². The van der Waals surface area contributed by atoms with Gasteiger partial charge in [0.25, 0.3) is 0 Å². The highest BCUT2D eigenvalue weighted by atomic mass is 32.2. The van der Waals surface area contributed by atoms with E-state index in [9.17, 15) is 13.6 Å². The van der Waals surface area contributed by atoms with Gasteiger partial charge in [-0.2, -0.15) is 0 Å². The van der Waals surface area contributed by atoms with E-state index in [0.29, 0.717) is 22.2 Å². The molecule has 0 saturated carbocycles. The van der Waals surface area contributed by atoms with Crippen molar-refractivity contribution in [2.75, 3.05) is 0 Å². The van der Waals surface area contributed by atoms with E-state index in [4.69, 9.17) is 0 Å². The molecule has 1 heterocycles. The third kappa shape index (κ3) is 4.56. The number of carbonyl (C=O) groups excluding carboxylic acids is 1. The van der Waals surface area contributed by atoms with Gasteiger partial charge in [0.2, 0.25) is 5.91 Å². The van der Waals surface area contributed by atoms with E-state index in [1.807, 2.05) is 13.8 Å². The van der Waals surface area contributed by atoms with Gasteiger partial charge in [-0.05, 0) is 69.3 Å². The highest BCUT2D eigenvalue weighted by Crippen LogP contribution is 2.30. The largest absolute Gasteiger partial charge is 0.353 e. The molecule has 8 heteroatoms. The van der Waals surface area contributed by atoms with Crippen LogP contribution in [0.3, 0.4) is 0 Å². The van der Waals surface area contributed by atoms with Crippen molar-refractivity contribution < 1.29 is 13.6 Å². The van der Waals surface area contributed by atoms with E-state index in [-0.39, 0.29) is 23.6 Å². The van der Waals surface area contributed by atoms with Gasteiger partial charge < -0.3 is 5.32 Å². The minimum Gasteiger partial charge on any atom is -0.353 e. The second-order valence-electron chi connectivity index (χ2n) is 6.55. The number of nitrogens with one attached hydrogen (secondary N) is 1. The van der Waals surface area contributed by atoms with E-state index in [0.717, 1.165) is 0 Å². The molecule has 0 unspecified atom stereocenters. The number of thioether (sulfide) groups is 1. The second kappa shape index (κ2) is 8.52. The first-order chi connectivity index (χ1) is 13.3. The SMILES string of the molecule is CC(C)NC(=O)[C@H](C)Sc1nnc(-c2ccc(F)cc2)n1-c1ccc(F)cc1. The lowest BCUT2D eigenvalue weighted by atomic mass is 10.2. The third-order valence-corrected chi connectivity index (χ3v) is 4.95. The molecule has 0 aliphatic heterocycles. The fraction of sp³-hybridized carbons (Fsp3) is 0.250. The Balaban J connectivity index is 2.01. The minimum atomic E-state index is -0.410. The molecular weight excluding hydrogens is 382 g/mol. The summed E-state index contributed by atoms with van der Waals surface area (Å²) in [5, 5.41) is 11.4. The minimum absolute atomic E-state index is 0.0281. The fourth-order valence-corrected chi connectivity index (χ4v) is 3.45. The maximum absolute atomic E-state index is 13.4. The molecule has 0 aliphatic carbocycles. The van der Waals surface area contributed by atoms with Gasteiger partial charge in [0.15, 0.2) is 11.0 Å². The number of benzene rings is 2. The van der Waals surface area contributed by atoms with E-state index in [1.54, 1.807) is 35.8 Å². The molecule has 1 amide bonds. The predicted molar refractivity (Wildman–Crippen MR) is 105 cm³/mol. The molecule has 0 spiro atoms. The van der Waals surface area contributed by atoms with Crippen molar-refractivity contribution in [2.24, 2.45) is 0 Å². The first-order valence-corrected chi connectivity index (χ1v) is 9.67. The summed E-state index contributed by atoms with van der Waals surface area (Å²) in [7, 11) is 0. The maximum Gasteiger partial charge on any atom is 0.233 e. The summed E-state index contributed by atoms with van der Waals surface area (Å²) < 4.78 is 28.4. The van der Waals surface area contributed by atoms with Crippen LogP contribution in [0.25, 0.3) is 17.1 Å². The molecule has 3 aromatic rings. The van der Waals surface area contributed by atoms with Crippen molar-refractivity contribution in [1.82, 2.24) is 20.1 Å². The van der Waals surface area contributed by atoms with Crippen LogP contribution in [-0.2, 0) is 4.79 Å². The number of aromatic nitrogens is 3. The zero-order chi connectivity index (χ0) is 20.3. The van der Waals surface area contributed by atoms with Crippen LogP contribution in [0.5, 0.6) is 0 Å². The average molecular weight is 402 g/mol. The predicted octanol–water partition coefficient (Wildman–Crippen LogP) is 4.22. The molecule has 0 fully saturated rings. The summed E-state index contributed by atoms with van der Waals surface area (Å²) in [4.78, 5) is 12.3. The summed E-state index contributed by atoms with van der Waals surface area (Å²) in [6.07, 6.45) is 0. The van der Waals surface area contributed by atoms with Gasteiger partial charge in [-0.3, -0.25) is 9.36 Å². The van der Waals surface area contributed by atoms with Gasteiger partial charge in [0, 0.05) is 17.3 Å². The van der Waals surface area contributed by atoms with Crippen molar-refractivity contribution in [2.45, 2.75) is 37.2 Å². The Morgan fingerprint density at radius 2 is 1.54 bits per heavy atom. The molecule has 1 aromatic heterocycles. The molecule has 1 atom stereocenters. The molecule has 0 aliphatic rings. The summed E-state index contributed by atoms with van der Waals surface area (Å²) in [5.74, 6) is -0.355.